The first-order chi connectivity index (χ1) is 10.6. The van der Waals surface area contributed by atoms with Crippen LogP contribution in [0.15, 0.2) is 36.5 Å². The molecule has 6 heteroatoms. The summed E-state index contributed by atoms with van der Waals surface area (Å²) in [6, 6.07) is 8.75. The van der Waals surface area contributed by atoms with Crippen molar-refractivity contribution in [2.24, 2.45) is 0 Å². The van der Waals surface area contributed by atoms with Crippen LogP contribution in [-0.4, -0.2) is 34.7 Å². The Hall–Kier alpha value is -2.63. The first-order valence-electron chi connectivity index (χ1n) is 7.13. The Bertz CT molecular complexity index is 637. The largest absolute Gasteiger partial charge is 0.464 e. The summed E-state index contributed by atoms with van der Waals surface area (Å²) in [4.78, 5) is 24.3. The number of aromatic amines is 1. The molecule has 22 heavy (non-hydrogen) atoms. The molecule has 0 aliphatic rings. The van der Waals surface area contributed by atoms with Crippen LogP contribution >= 0.6 is 0 Å². The third-order valence-corrected chi connectivity index (χ3v) is 3.23. The number of benzene rings is 1. The van der Waals surface area contributed by atoms with E-state index < -0.39 is 12.0 Å². The summed E-state index contributed by atoms with van der Waals surface area (Å²) in [7, 11) is 0. The molecule has 2 rings (SSSR count). The van der Waals surface area contributed by atoms with E-state index in [0.717, 1.165) is 5.56 Å². The van der Waals surface area contributed by atoms with Crippen LogP contribution < -0.4 is 5.32 Å². The molecule has 1 heterocycles. The van der Waals surface area contributed by atoms with Gasteiger partial charge < -0.3 is 10.1 Å². The zero-order chi connectivity index (χ0) is 15.9. The standard InChI is InChI=1S/C16H19N3O3/c1-3-22-16(21)14(9-12-7-5-4-6-8-12)18-15(20)13-10-17-19-11(13)2/h4-8,10,14H,3,9H2,1-2H3,(H,17,19)(H,18,20)/t14-/m0/s1. The van der Waals surface area contributed by atoms with Gasteiger partial charge in [0, 0.05) is 12.1 Å². The lowest BCUT2D eigenvalue weighted by molar-refractivity contribution is -0.145. The smallest absolute Gasteiger partial charge is 0.328 e. The minimum absolute atomic E-state index is 0.269. The quantitative estimate of drug-likeness (QED) is 0.794. The van der Waals surface area contributed by atoms with Crippen LogP contribution in [0.25, 0.3) is 0 Å². The highest BCUT2D eigenvalue weighted by Crippen LogP contribution is 2.08. The van der Waals surface area contributed by atoms with Gasteiger partial charge in [-0.1, -0.05) is 30.3 Å². The molecule has 1 atom stereocenters. The molecule has 0 spiro atoms. The second-order valence-corrected chi connectivity index (χ2v) is 4.88. The molecule has 0 saturated heterocycles. The Labute approximate surface area is 128 Å². The van der Waals surface area contributed by atoms with Gasteiger partial charge in [0.25, 0.3) is 5.91 Å². The lowest BCUT2D eigenvalue weighted by Gasteiger charge is -2.17. The zero-order valence-corrected chi connectivity index (χ0v) is 12.6. The van der Waals surface area contributed by atoms with Crippen molar-refractivity contribution in [2.75, 3.05) is 6.61 Å². The van der Waals surface area contributed by atoms with E-state index in [1.165, 1.54) is 6.20 Å². The van der Waals surface area contributed by atoms with E-state index >= 15 is 0 Å². The first kappa shape index (κ1) is 15.8. The summed E-state index contributed by atoms with van der Waals surface area (Å²) in [5, 5.41) is 9.23. The van der Waals surface area contributed by atoms with Crippen LogP contribution in [0.3, 0.4) is 0 Å². The number of hydrogen-bond donors (Lipinski definition) is 2. The van der Waals surface area contributed by atoms with Gasteiger partial charge in [-0.25, -0.2) is 4.79 Å². The summed E-state index contributed by atoms with van der Waals surface area (Å²) < 4.78 is 5.05. The topological polar surface area (TPSA) is 84.1 Å². The maximum absolute atomic E-state index is 12.3. The molecule has 0 fully saturated rings. The highest BCUT2D eigenvalue weighted by Gasteiger charge is 2.24. The molecule has 116 valence electrons. The number of aryl methyl sites for hydroxylation is 1. The van der Waals surface area contributed by atoms with Crippen LogP contribution in [0.5, 0.6) is 0 Å². The van der Waals surface area contributed by atoms with E-state index in [-0.39, 0.29) is 12.5 Å². The lowest BCUT2D eigenvalue weighted by Crippen LogP contribution is -2.43. The molecule has 2 aromatic rings. The molecule has 1 aromatic heterocycles. The van der Waals surface area contributed by atoms with E-state index in [4.69, 9.17) is 4.74 Å². The Morgan fingerprint density at radius 1 is 1.32 bits per heavy atom. The predicted molar refractivity (Wildman–Crippen MR) is 81.4 cm³/mol. The average molecular weight is 301 g/mol. The van der Waals surface area contributed by atoms with Crippen molar-refractivity contribution in [3.8, 4) is 0 Å². The molecular weight excluding hydrogens is 282 g/mol. The third kappa shape index (κ3) is 3.94. The maximum atomic E-state index is 12.3. The third-order valence-electron chi connectivity index (χ3n) is 3.23. The van der Waals surface area contributed by atoms with Crippen molar-refractivity contribution < 1.29 is 14.3 Å². The van der Waals surface area contributed by atoms with Crippen LogP contribution in [0.2, 0.25) is 0 Å². The molecule has 1 aromatic carbocycles. The average Bonchev–Trinajstić information content (AvgIpc) is 2.94. The molecule has 2 N–H and O–H groups in total. The minimum atomic E-state index is -0.732. The molecule has 0 radical (unpaired) electrons. The number of carbonyl (C=O) groups excluding carboxylic acids is 2. The number of carbonyl (C=O) groups is 2. The second kappa shape index (κ2) is 7.40. The van der Waals surface area contributed by atoms with E-state index in [2.05, 4.69) is 15.5 Å². The van der Waals surface area contributed by atoms with Crippen molar-refractivity contribution in [1.82, 2.24) is 15.5 Å². The summed E-state index contributed by atoms with van der Waals surface area (Å²) in [5.74, 6) is -0.791. The van der Waals surface area contributed by atoms with Crippen LogP contribution in [0, 0.1) is 6.92 Å². The van der Waals surface area contributed by atoms with Crippen molar-refractivity contribution in [1.29, 1.82) is 0 Å². The highest BCUT2D eigenvalue weighted by atomic mass is 16.5. The normalized spacial score (nSPS) is 11.7. The highest BCUT2D eigenvalue weighted by molar-refractivity contribution is 5.97. The summed E-state index contributed by atoms with van der Waals surface area (Å²) >= 11 is 0. The lowest BCUT2D eigenvalue weighted by atomic mass is 10.1. The van der Waals surface area contributed by atoms with Gasteiger partial charge in [-0.2, -0.15) is 5.10 Å². The number of rotatable bonds is 6. The van der Waals surface area contributed by atoms with Crippen molar-refractivity contribution in [2.45, 2.75) is 26.3 Å². The Morgan fingerprint density at radius 2 is 2.05 bits per heavy atom. The van der Waals surface area contributed by atoms with Crippen LogP contribution in [0.1, 0.15) is 28.5 Å². The van der Waals surface area contributed by atoms with E-state index in [9.17, 15) is 9.59 Å². The predicted octanol–water partition coefficient (Wildman–Crippen LogP) is 1.62. The fourth-order valence-electron chi connectivity index (χ4n) is 2.10. The number of amides is 1. The summed E-state index contributed by atoms with van der Waals surface area (Å²) in [5.41, 5.74) is 2.02. The number of aromatic nitrogens is 2. The van der Waals surface area contributed by atoms with Gasteiger partial charge in [0.2, 0.25) is 0 Å². The van der Waals surface area contributed by atoms with E-state index in [1.807, 2.05) is 30.3 Å². The Kier molecular flexibility index (Phi) is 5.30. The van der Waals surface area contributed by atoms with Gasteiger partial charge in [0.15, 0.2) is 0 Å². The first-order valence-corrected chi connectivity index (χ1v) is 7.13. The van der Waals surface area contributed by atoms with Gasteiger partial charge >= 0.3 is 5.97 Å². The SMILES string of the molecule is CCOC(=O)[C@H](Cc1ccccc1)NC(=O)c1cn[nH]c1C. The Balaban J connectivity index is 2.12. The van der Waals surface area contributed by atoms with Gasteiger partial charge in [-0.15, -0.1) is 0 Å². The number of H-pyrrole nitrogens is 1. The van der Waals surface area contributed by atoms with Gasteiger partial charge in [-0.05, 0) is 19.4 Å². The molecule has 6 nitrogen and oxygen atoms in total. The number of nitrogens with one attached hydrogen (secondary N) is 2. The van der Waals surface area contributed by atoms with Crippen LogP contribution in [-0.2, 0) is 16.0 Å². The van der Waals surface area contributed by atoms with Gasteiger partial charge in [0.05, 0.1) is 18.4 Å². The zero-order valence-electron chi connectivity index (χ0n) is 12.6. The van der Waals surface area contributed by atoms with Gasteiger partial charge in [0.1, 0.15) is 6.04 Å². The Morgan fingerprint density at radius 3 is 2.64 bits per heavy atom. The number of ether oxygens (including phenoxy) is 1. The monoisotopic (exact) mass is 301 g/mol. The van der Waals surface area contributed by atoms with Gasteiger partial charge in [-0.3, -0.25) is 9.89 Å². The van der Waals surface area contributed by atoms with Crippen LogP contribution in [0.4, 0.5) is 0 Å². The molecule has 0 bridgehead atoms. The number of hydrogen-bond acceptors (Lipinski definition) is 4. The molecule has 0 unspecified atom stereocenters. The minimum Gasteiger partial charge on any atom is -0.464 e. The van der Waals surface area contributed by atoms with Crippen molar-refractivity contribution in [3.05, 3.63) is 53.3 Å². The molecule has 1 amide bonds. The summed E-state index contributed by atoms with van der Waals surface area (Å²) in [6.07, 6.45) is 1.82. The summed E-state index contributed by atoms with van der Waals surface area (Å²) in [6.45, 7) is 3.75. The molecule has 0 saturated carbocycles. The second-order valence-electron chi connectivity index (χ2n) is 4.88. The number of esters is 1. The number of nitrogens with zero attached hydrogens (tertiary/aromatic N) is 1. The molecule has 0 aliphatic heterocycles. The fourth-order valence-corrected chi connectivity index (χ4v) is 2.10. The van der Waals surface area contributed by atoms with Crippen molar-refractivity contribution >= 4 is 11.9 Å². The molecular formula is C16H19N3O3. The maximum Gasteiger partial charge on any atom is 0.328 e. The van der Waals surface area contributed by atoms with E-state index in [1.54, 1.807) is 13.8 Å². The van der Waals surface area contributed by atoms with E-state index in [0.29, 0.717) is 17.7 Å². The fraction of sp³-hybridized carbons (Fsp3) is 0.312. The molecule has 0 aliphatic carbocycles. The van der Waals surface area contributed by atoms with Crippen molar-refractivity contribution in [3.63, 3.8) is 0 Å².